The fourth-order valence-electron chi connectivity index (χ4n) is 3.87. The van der Waals surface area contributed by atoms with Gasteiger partial charge in [0.15, 0.2) is 0 Å². The first kappa shape index (κ1) is 15.8. The van der Waals surface area contributed by atoms with E-state index in [4.69, 9.17) is 5.26 Å². The number of fused-ring (bicyclic) bond motifs is 1. The minimum Gasteiger partial charge on any atom is -0.337 e. The molecule has 5 heteroatoms. The third-order valence-electron chi connectivity index (χ3n) is 5.32. The lowest BCUT2D eigenvalue weighted by Gasteiger charge is -2.53. The number of hydrogen-bond donors (Lipinski definition) is 0. The molecule has 0 spiro atoms. The molecule has 2 aliphatic heterocycles. The maximum atomic E-state index is 12.8. The molecule has 0 bridgehead atoms. The first-order chi connectivity index (χ1) is 12.2. The summed E-state index contributed by atoms with van der Waals surface area (Å²) in [6.45, 7) is 3.61. The molecule has 25 heavy (non-hydrogen) atoms. The fourth-order valence-corrected chi connectivity index (χ4v) is 3.87. The third kappa shape index (κ3) is 3.13. The SMILES string of the molecule is N#Cc1ccc(C(=O)N2CC[C@@H]3CN(Cc4cccnc4)[C@@H]3C2)cc1. The fraction of sp³-hybridized carbons (Fsp3) is 0.350. The van der Waals surface area contributed by atoms with E-state index in [1.54, 1.807) is 30.5 Å². The van der Waals surface area contributed by atoms with Crippen LogP contribution in [0.2, 0.25) is 0 Å². The van der Waals surface area contributed by atoms with Crippen molar-refractivity contribution >= 4 is 5.91 Å². The zero-order valence-corrected chi connectivity index (χ0v) is 14.0. The molecule has 0 saturated carbocycles. The molecule has 0 radical (unpaired) electrons. The Labute approximate surface area is 147 Å². The third-order valence-corrected chi connectivity index (χ3v) is 5.32. The van der Waals surface area contributed by atoms with Crippen molar-refractivity contribution in [3.05, 3.63) is 65.5 Å². The van der Waals surface area contributed by atoms with E-state index in [9.17, 15) is 4.79 Å². The Kier molecular flexibility index (Phi) is 4.21. The summed E-state index contributed by atoms with van der Waals surface area (Å²) in [6, 6.07) is 13.5. The summed E-state index contributed by atoms with van der Waals surface area (Å²) in [5, 5.41) is 8.88. The summed E-state index contributed by atoms with van der Waals surface area (Å²) in [5.74, 6) is 0.762. The van der Waals surface area contributed by atoms with Crippen molar-refractivity contribution in [3.63, 3.8) is 0 Å². The molecule has 126 valence electrons. The molecule has 4 rings (SSSR count). The van der Waals surface area contributed by atoms with Crippen LogP contribution in [0.25, 0.3) is 0 Å². The normalized spacial score (nSPS) is 22.6. The van der Waals surface area contributed by atoms with Crippen molar-refractivity contribution in [3.8, 4) is 6.07 Å². The Morgan fingerprint density at radius 3 is 2.80 bits per heavy atom. The highest BCUT2D eigenvalue weighted by Crippen LogP contribution is 2.34. The van der Waals surface area contributed by atoms with Crippen LogP contribution in [-0.2, 0) is 6.54 Å². The van der Waals surface area contributed by atoms with Gasteiger partial charge in [-0.2, -0.15) is 5.26 Å². The number of piperidine rings is 1. The lowest BCUT2D eigenvalue weighted by molar-refractivity contribution is -0.0427. The van der Waals surface area contributed by atoms with Gasteiger partial charge in [-0.05, 0) is 48.2 Å². The molecular formula is C20H20N4O. The van der Waals surface area contributed by atoms with Crippen LogP contribution in [0.4, 0.5) is 0 Å². The summed E-state index contributed by atoms with van der Waals surface area (Å²) in [5.41, 5.74) is 2.46. The van der Waals surface area contributed by atoms with Gasteiger partial charge in [0.2, 0.25) is 0 Å². The predicted octanol–water partition coefficient (Wildman–Crippen LogP) is 2.30. The van der Waals surface area contributed by atoms with Crippen molar-refractivity contribution in [2.24, 2.45) is 5.92 Å². The molecule has 0 N–H and O–H groups in total. The van der Waals surface area contributed by atoms with E-state index in [1.165, 1.54) is 5.56 Å². The summed E-state index contributed by atoms with van der Waals surface area (Å²) >= 11 is 0. The minimum absolute atomic E-state index is 0.0659. The van der Waals surface area contributed by atoms with Crippen LogP contribution in [0.1, 0.15) is 27.9 Å². The van der Waals surface area contributed by atoms with Crippen molar-refractivity contribution in [2.45, 2.75) is 19.0 Å². The highest BCUT2D eigenvalue weighted by Gasteiger charge is 2.43. The maximum Gasteiger partial charge on any atom is 0.253 e. The monoisotopic (exact) mass is 332 g/mol. The van der Waals surface area contributed by atoms with Gasteiger partial charge in [-0.25, -0.2) is 0 Å². The number of likely N-dealkylation sites (tertiary alicyclic amines) is 2. The van der Waals surface area contributed by atoms with Crippen LogP contribution in [0.15, 0.2) is 48.8 Å². The van der Waals surface area contributed by atoms with Gasteiger partial charge in [0, 0.05) is 50.2 Å². The summed E-state index contributed by atoms with van der Waals surface area (Å²) in [6.07, 6.45) is 4.77. The number of nitrogens with zero attached hydrogens (tertiary/aromatic N) is 4. The average molecular weight is 332 g/mol. The average Bonchev–Trinajstić information content (AvgIpc) is 2.66. The molecule has 1 aromatic heterocycles. The number of benzene rings is 1. The predicted molar refractivity (Wildman–Crippen MR) is 93.6 cm³/mol. The highest BCUT2D eigenvalue weighted by atomic mass is 16.2. The van der Waals surface area contributed by atoms with Crippen molar-refractivity contribution in [1.29, 1.82) is 5.26 Å². The second kappa shape index (κ2) is 6.66. The molecule has 5 nitrogen and oxygen atoms in total. The molecule has 3 heterocycles. The van der Waals surface area contributed by atoms with Crippen molar-refractivity contribution < 1.29 is 4.79 Å². The number of pyridine rings is 1. The number of amides is 1. The van der Waals surface area contributed by atoms with Gasteiger partial charge < -0.3 is 4.90 Å². The zero-order valence-electron chi connectivity index (χ0n) is 14.0. The Bertz CT molecular complexity index is 797. The minimum atomic E-state index is 0.0659. The van der Waals surface area contributed by atoms with E-state index in [1.807, 2.05) is 17.2 Å². The van der Waals surface area contributed by atoms with E-state index in [2.05, 4.69) is 22.0 Å². The maximum absolute atomic E-state index is 12.8. The van der Waals surface area contributed by atoms with Crippen LogP contribution < -0.4 is 0 Å². The van der Waals surface area contributed by atoms with E-state index in [-0.39, 0.29) is 5.91 Å². The lowest BCUT2D eigenvalue weighted by Crippen LogP contribution is -2.64. The van der Waals surface area contributed by atoms with E-state index < -0.39 is 0 Å². The van der Waals surface area contributed by atoms with Gasteiger partial charge in [-0.1, -0.05) is 6.07 Å². The van der Waals surface area contributed by atoms with Crippen LogP contribution >= 0.6 is 0 Å². The van der Waals surface area contributed by atoms with Crippen LogP contribution in [0.5, 0.6) is 0 Å². The molecule has 1 amide bonds. The lowest BCUT2D eigenvalue weighted by atomic mass is 9.82. The number of carbonyl (C=O) groups excluding carboxylic acids is 1. The summed E-state index contributed by atoms with van der Waals surface area (Å²) in [4.78, 5) is 21.3. The number of nitriles is 1. The summed E-state index contributed by atoms with van der Waals surface area (Å²) < 4.78 is 0. The molecule has 0 unspecified atom stereocenters. The number of aromatic nitrogens is 1. The second-order valence-electron chi connectivity index (χ2n) is 6.85. The van der Waals surface area contributed by atoms with Crippen LogP contribution in [0.3, 0.4) is 0 Å². The van der Waals surface area contributed by atoms with Crippen LogP contribution in [-0.4, -0.2) is 46.4 Å². The molecule has 1 aromatic carbocycles. The first-order valence-electron chi connectivity index (χ1n) is 8.67. The molecular weight excluding hydrogens is 312 g/mol. The van der Waals surface area contributed by atoms with Gasteiger partial charge in [0.05, 0.1) is 11.6 Å². The molecule has 0 aliphatic carbocycles. The highest BCUT2D eigenvalue weighted by molar-refractivity contribution is 5.94. The Morgan fingerprint density at radius 1 is 1.24 bits per heavy atom. The molecule has 2 atom stereocenters. The van der Waals surface area contributed by atoms with Crippen LogP contribution in [0, 0.1) is 17.2 Å². The van der Waals surface area contributed by atoms with Gasteiger partial charge >= 0.3 is 0 Å². The molecule has 2 saturated heterocycles. The molecule has 2 aliphatic rings. The smallest absolute Gasteiger partial charge is 0.253 e. The molecule has 2 fully saturated rings. The van der Waals surface area contributed by atoms with Gasteiger partial charge in [0.25, 0.3) is 5.91 Å². The van der Waals surface area contributed by atoms with Crippen molar-refractivity contribution in [2.75, 3.05) is 19.6 Å². The second-order valence-corrected chi connectivity index (χ2v) is 6.85. The van der Waals surface area contributed by atoms with E-state index in [0.29, 0.717) is 23.1 Å². The van der Waals surface area contributed by atoms with Crippen molar-refractivity contribution in [1.82, 2.24) is 14.8 Å². The molecule has 2 aromatic rings. The Hall–Kier alpha value is -2.71. The Balaban J connectivity index is 1.41. The quantitative estimate of drug-likeness (QED) is 0.865. The number of hydrogen-bond acceptors (Lipinski definition) is 4. The Morgan fingerprint density at radius 2 is 2.08 bits per heavy atom. The number of rotatable bonds is 3. The van der Waals surface area contributed by atoms with Gasteiger partial charge in [0.1, 0.15) is 0 Å². The largest absolute Gasteiger partial charge is 0.337 e. The zero-order chi connectivity index (χ0) is 17.2. The van der Waals surface area contributed by atoms with Gasteiger partial charge in [-0.3, -0.25) is 14.7 Å². The van der Waals surface area contributed by atoms with E-state index in [0.717, 1.165) is 32.6 Å². The van der Waals surface area contributed by atoms with E-state index >= 15 is 0 Å². The van der Waals surface area contributed by atoms with Gasteiger partial charge in [-0.15, -0.1) is 0 Å². The topological polar surface area (TPSA) is 60.2 Å². The summed E-state index contributed by atoms with van der Waals surface area (Å²) in [7, 11) is 0. The standard InChI is InChI=1S/C20H20N4O/c21-10-15-3-5-17(6-4-15)20(25)23-9-7-18-13-24(19(18)14-23)12-16-2-1-8-22-11-16/h1-6,8,11,18-19H,7,9,12-14H2/t18-,19-/m1/s1. The number of carbonyl (C=O) groups is 1. The first-order valence-corrected chi connectivity index (χ1v) is 8.67.